The number of amides is 2. The Hall–Kier alpha value is -2.89. The zero-order valence-electron chi connectivity index (χ0n) is 12.0. The molecule has 3 rings (SSSR count). The predicted molar refractivity (Wildman–Crippen MR) is 79.6 cm³/mol. The van der Waals surface area contributed by atoms with Gasteiger partial charge >= 0.3 is 0 Å². The van der Waals surface area contributed by atoms with Gasteiger partial charge in [-0.05, 0) is 25.1 Å². The molecule has 1 atom stereocenters. The highest BCUT2D eigenvalue weighted by atomic mass is 16.5. The average Bonchev–Trinajstić information content (AvgIpc) is 2.89. The molecule has 1 unspecified atom stereocenters. The number of hydrogen-bond acceptors (Lipinski definition) is 4. The number of pyridine rings is 1. The summed E-state index contributed by atoms with van der Waals surface area (Å²) in [4.78, 5) is 27.6. The van der Waals surface area contributed by atoms with Crippen molar-refractivity contribution in [2.75, 3.05) is 6.61 Å². The van der Waals surface area contributed by atoms with Crippen molar-refractivity contribution in [1.82, 2.24) is 10.3 Å². The third-order valence-corrected chi connectivity index (χ3v) is 3.54. The molecule has 1 aromatic carbocycles. The topological polar surface area (TPSA) is 94.3 Å². The summed E-state index contributed by atoms with van der Waals surface area (Å²) in [5.41, 5.74) is 7.39. The number of hydrogen-bond donors (Lipinski definition) is 2. The molecular formula is C16H15N3O3. The fourth-order valence-electron chi connectivity index (χ4n) is 2.47. The molecule has 0 fully saturated rings. The van der Waals surface area contributed by atoms with Crippen molar-refractivity contribution in [3.8, 4) is 5.75 Å². The molecule has 0 aliphatic carbocycles. The van der Waals surface area contributed by atoms with Crippen LogP contribution < -0.4 is 15.8 Å². The minimum atomic E-state index is -0.732. The van der Waals surface area contributed by atoms with Gasteiger partial charge in [-0.25, -0.2) is 0 Å². The summed E-state index contributed by atoms with van der Waals surface area (Å²) in [7, 11) is 0. The quantitative estimate of drug-likeness (QED) is 0.894. The van der Waals surface area contributed by atoms with E-state index >= 15 is 0 Å². The highest BCUT2D eigenvalue weighted by Crippen LogP contribution is 2.33. The van der Waals surface area contributed by atoms with E-state index in [1.807, 2.05) is 25.1 Å². The third kappa shape index (κ3) is 2.50. The number of benzene rings is 1. The molecule has 1 aliphatic heterocycles. The second-order valence-corrected chi connectivity index (χ2v) is 5.14. The van der Waals surface area contributed by atoms with Crippen molar-refractivity contribution in [2.24, 2.45) is 5.73 Å². The van der Waals surface area contributed by atoms with Gasteiger partial charge in [0.25, 0.3) is 11.8 Å². The molecule has 1 aliphatic rings. The van der Waals surface area contributed by atoms with Gasteiger partial charge in [0.1, 0.15) is 18.1 Å². The molecule has 2 heterocycles. The first-order valence-electron chi connectivity index (χ1n) is 6.85. The van der Waals surface area contributed by atoms with Gasteiger partial charge < -0.3 is 15.8 Å². The van der Waals surface area contributed by atoms with Crippen LogP contribution in [0.15, 0.2) is 36.5 Å². The number of ether oxygens (including phenoxy) is 1. The SMILES string of the molecule is Cc1ccc2c(c1)C(NC(=O)c1cccnc1C(N)=O)CO2. The summed E-state index contributed by atoms with van der Waals surface area (Å²) in [5.74, 6) is -0.369. The van der Waals surface area contributed by atoms with Crippen molar-refractivity contribution in [2.45, 2.75) is 13.0 Å². The molecule has 112 valence electrons. The molecule has 0 saturated heterocycles. The molecule has 3 N–H and O–H groups in total. The van der Waals surface area contributed by atoms with Gasteiger partial charge in [0.15, 0.2) is 0 Å². The molecule has 2 amide bonds. The van der Waals surface area contributed by atoms with Crippen LogP contribution in [0.2, 0.25) is 0 Å². The highest BCUT2D eigenvalue weighted by Gasteiger charge is 2.27. The second kappa shape index (κ2) is 5.48. The summed E-state index contributed by atoms with van der Waals surface area (Å²) in [6, 6.07) is 8.67. The highest BCUT2D eigenvalue weighted by molar-refractivity contribution is 6.05. The molecular weight excluding hydrogens is 282 g/mol. The molecule has 6 nitrogen and oxygen atoms in total. The molecule has 0 radical (unpaired) electrons. The van der Waals surface area contributed by atoms with Crippen LogP contribution in [0, 0.1) is 6.92 Å². The van der Waals surface area contributed by atoms with E-state index in [-0.39, 0.29) is 17.3 Å². The number of aromatic nitrogens is 1. The van der Waals surface area contributed by atoms with Gasteiger partial charge in [-0.2, -0.15) is 0 Å². The Kier molecular flexibility index (Phi) is 3.50. The Labute approximate surface area is 127 Å². The van der Waals surface area contributed by atoms with Gasteiger partial charge in [0, 0.05) is 11.8 Å². The van der Waals surface area contributed by atoms with Crippen LogP contribution in [0.25, 0.3) is 0 Å². The van der Waals surface area contributed by atoms with Crippen molar-refractivity contribution in [3.63, 3.8) is 0 Å². The number of primary amides is 1. The lowest BCUT2D eigenvalue weighted by atomic mass is 10.0. The lowest BCUT2D eigenvalue weighted by Gasteiger charge is -2.13. The minimum absolute atomic E-state index is 0.0385. The number of fused-ring (bicyclic) bond motifs is 1. The van der Waals surface area contributed by atoms with Crippen LogP contribution in [0.3, 0.4) is 0 Å². The first-order valence-corrected chi connectivity index (χ1v) is 6.85. The van der Waals surface area contributed by atoms with Crippen LogP contribution in [0.1, 0.15) is 38.0 Å². The summed E-state index contributed by atoms with van der Waals surface area (Å²) in [5, 5.41) is 2.86. The molecule has 0 saturated carbocycles. The second-order valence-electron chi connectivity index (χ2n) is 5.14. The van der Waals surface area contributed by atoms with E-state index in [0.717, 1.165) is 16.9 Å². The van der Waals surface area contributed by atoms with Crippen LogP contribution in [0.4, 0.5) is 0 Å². The lowest BCUT2D eigenvalue weighted by molar-refractivity contribution is 0.0915. The van der Waals surface area contributed by atoms with Gasteiger partial charge in [0.2, 0.25) is 0 Å². The van der Waals surface area contributed by atoms with Crippen molar-refractivity contribution in [3.05, 3.63) is 58.9 Å². The number of rotatable bonds is 3. The van der Waals surface area contributed by atoms with E-state index in [1.54, 1.807) is 6.07 Å². The average molecular weight is 297 g/mol. The zero-order valence-corrected chi connectivity index (χ0v) is 12.0. The van der Waals surface area contributed by atoms with Gasteiger partial charge in [0.05, 0.1) is 11.6 Å². The normalized spacial score (nSPS) is 15.8. The minimum Gasteiger partial charge on any atom is -0.491 e. The Morgan fingerprint density at radius 2 is 2.18 bits per heavy atom. The van der Waals surface area contributed by atoms with E-state index in [9.17, 15) is 9.59 Å². The summed E-state index contributed by atoms with van der Waals surface area (Å²) < 4.78 is 5.56. The molecule has 22 heavy (non-hydrogen) atoms. The maximum atomic E-state index is 12.4. The Morgan fingerprint density at radius 3 is 2.95 bits per heavy atom. The zero-order chi connectivity index (χ0) is 15.7. The largest absolute Gasteiger partial charge is 0.491 e. The van der Waals surface area contributed by atoms with Crippen molar-refractivity contribution in [1.29, 1.82) is 0 Å². The fourth-order valence-corrected chi connectivity index (χ4v) is 2.47. The summed E-state index contributed by atoms with van der Waals surface area (Å²) in [6.07, 6.45) is 1.42. The van der Waals surface area contributed by atoms with Crippen LogP contribution in [-0.4, -0.2) is 23.4 Å². The summed E-state index contributed by atoms with van der Waals surface area (Å²) >= 11 is 0. The van der Waals surface area contributed by atoms with E-state index in [2.05, 4.69) is 10.3 Å². The van der Waals surface area contributed by atoms with Crippen LogP contribution >= 0.6 is 0 Å². The number of nitrogens with two attached hydrogens (primary N) is 1. The lowest BCUT2D eigenvalue weighted by Crippen LogP contribution is -2.31. The van der Waals surface area contributed by atoms with Gasteiger partial charge in [-0.1, -0.05) is 17.7 Å². The summed E-state index contributed by atoms with van der Waals surface area (Å²) in [6.45, 7) is 2.33. The maximum absolute atomic E-state index is 12.4. The molecule has 2 aromatic rings. The predicted octanol–water partition coefficient (Wildman–Crippen LogP) is 1.35. The number of carbonyl (C=O) groups is 2. The van der Waals surface area contributed by atoms with Gasteiger partial charge in [-0.15, -0.1) is 0 Å². The van der Waals surface area contributed by atoms with Crippen LogP contribution in [0.5, 0.6) is 5.75 Å². The Morgan fingerprint density at radius 1 is 1.36 bits per heavy atom. The number of carbonyl (C=O) groups excluding carboxylic acids is 2. The molecule has 0 spiro atoms. The van der Waals surface area contributed by atoms with Gasteiger partial charge in [-0.3, -0.25) is 14.6 Å². The third-order valence-electron chi connectivity index (χ3n) is 3.54. The first-order chi connectivity index (χ1) is 10.6. The van der Waals surface area contributed by atoms with Crippen LogP contribution in [-0.2, 0) is 0 Å². The van der Waals surface area contributed by atoms with E-state index in [1.165, 1.54) is 12.3 Å². The van der Waals surface area contributed by atoms with Crippen molar-refractivity contribution < 1.29 is 14.3 Å². The Balaban J connectivity index is 1.85. The first kappa shape index (κ1) is 14.1. The number of aryl methyl sites for hydroxylation is 1. The fraction of sp³-hybridized carbons (Fsp3) is 0.188. The standard InChI is InChI=1S/C16H15N3O3/c1-9-4-5-13-11(7-9)12(8-22-13)19-16(21)10-3-2-6-18-14(10)15(17)20/h2-7,12H,8H2,1H3,(H2,17,20)(H,19,21). The smallest absolute Gasteiger partial charge is 0.268 e. The Bertz CT molecular complexity index is 758. The number of nitrogens with one attached hydrogen (secondary N) is 1. The van der Waals surface area contributed by atoms with E-state index in [4.69, 9.17) is 10.5 Å². The van der Waals surface area contributed by atoms with E-state index < -0.39 is 11.8 Å². The molecule has 6 heteroatoms. The van der Waals surface area contributed by atoms with Crippen molar-refractivity contribution >= 4 is 11.8 Å². The maximum Gasteiger partial charge on any atom is 0.268 e. The molecule has 0 bridgehead atoms. The van der Waals surface area contributed by atoms with E-state index in [0.29, 0.717) is 6.61 Å². The number of nitrogens with zero attached hydrogens (tertiary/aromatic N) is 1. The monoisotopic (exact) mass is 297 g/mol. The molecule has 1 aromatic heterocycles.